The molecule has 0 aliphatic carbocycles. The van der Waals surface area contributed by atoms with Gasteiger partial charge in [0.2, 0.25) is 0 Å². The summed E-state index contributed by atoms with van der Waals surface area (Å²) in [4.78, 5) is 5.25. The fourth-order valence-electron chi connectivity index (χ4n) is 1.60. The van der Waals surface area contributed by atoms with Gasteiger partial charge >= 0.3 is 0 Å². The van der Waals surface area contributed by atoms with E-state index in [4.69, 9.17) is 0 Å². The molecule has 0 fully saturated rings. The second-order valence-corrected chi connectivity index (χ2v) is 4.44. The molecule has 2 aromatic rings. The van der Waals surface area contributed by atoms with Crippen LogP contribution in [0.4, 0.5) is 0 Å². The highest BCUT2D eigenvalue weighted by molar-refractivity contribution is 7.09. The first-order valence-corrected chi connectivity index (χ1v) is 5.89. The molecular weight excluding hydrogens is 208 g/mol. The average Bonchev–Trinajstić information content (AvgIpc) is 2.86. The molecule has 2 aromatic heterocycles. The lowest BCUT2D eigenvalue weighted by Gasteiger charge is -2.11. The summed E-state index contributed by atoms with van der Waals surface area (Å²) in [5, 5.41) is 12.1. The Morgan fingerprint density at radius 1 is 1.60 bits per heavy atom. The molecule has 4 heteroatoms. The van der Waals surface area contributed by atoms with Crippen LogP contribution >= 0.6 is 11.3 Å². The summed E-state index contributed by atoms with van der Waals surface area (Å²) in [6.07, 6.45) is 3.71. The van der Waals surface area contributed by atoms with Crippen LogP contribution < -0.4 is 0 Å². The Kier molecular flexibility index (Phi) is 3.18. The van der Waals surface area contributed by atoms with E-state index in [0.29, 0.717) is 6.42 Å². The number of nitrogens with zero attached hydrogens (tertiary/aromatic N) is 2. The number of imidazole rings is 1. The monoisotopic (exact) mass is 222 g/mol. The maximum absolute atomic E-state index is 10.0. The molecule has 0 saturated heterocycles. The number of hydrogen-bond acceptors (Lipinski definition) is 3. The van der Waals surface area contributed by atoms with Crippen molar-refractivity contribution in [1.82, 2.24) is 9.55 Å². The molecule has 0 aromatic carbocycles. The van der Waals surface area contributed by atoms with Crippen molar-refractivity contribution in [1.29, 1.82) is 0 Å². The predicted molar refractivity (Wildman–Crippen MR) is 60.9 cm³/mol. The molecule has 1 N–H and O–H groups in total. The number of hydrogen-bond donors (Lipinski definition) is 1. The molecule has 3 nitrogen and oxygen atoms in total. The maximum Gasteiger partial charge on any atom is 0.100 e. The number of aliphatic hydroxyl groups is 1. The summed E-state index contributed by atoms with van der Waals surface area (Å²) in [7, 11) is 0. The SMILES string of the molecule is CCn1cncc1C(O)Cc1cccs1. The van der Waals surface area contributed by atoms with E-state index in [0.717, 1.165) is 12.2 Å². The molecule has 0 radical (unpaired) electrons. The van der Waals surface area contributed by atoms with Gasteiger partial charge in [0.05, 0.1) is 18.2 Å². The highest BCUT2D eigenvalue weighted by Crippen LogP contribution is 2.20. The van der Waals surface area contributed by atoms with Gasteiger partial charge in [0.25, 0.3) is 0 Å². The summed E-state index contributed by atoms with van der Waals surface area (Å²) in [5.74, 6) is 0. The second-order valence-electron chi connectivity index (χ2n) is 3.40. The van der Waals surface area contributed by atoms with Crippen LogP contribution in [0, 0.1) is 0 Å². The van der Waals surface area contributed by atoms with Gasteiger partial charge in [-0.1, -0.05) is 6.07 Å². The number of rotatable bonds is 4. The molecule has 0 spiro atoms. The van der Waals surface area contributed by atoms with Gasteiger partial charge in [-0.15, -0.1) is 11.3 Å². The smallest absolute Gasteiger partial charge is 0.100 e. The quantitative estimate of drug-likeness (QED) is 0.861. The van der Waals surface area contributed by atoms with Crippen molar-refractivity contribution in [2.24, 2.45) is 0 Å². The average molecular weight is 222 g/mol. The number of aliphatic hydroxyl groups excluding tert-OH is 1. The van der Waals surface area contributed by atoms with Crippen molar-refractivity contribution in [2.45, 2.75) is 26.0 Å². The molecule has 1 atom stereocenters. The van der Waals surface area contributed by atoms with E-state index < -0.39 is 6.10 Å². The largest absolute Gasteiger partial charge is 0.386 e. The Balaban J connectivity index is 2.11. The van der Waals surface area contributed by atoms with Gasteiger partial charge in [-0.3, -0.25) is 0 Å². The summed E-state index contributed by atoms with van der Waals surface area (Å²) < 4.78 is 1.97. The van der Waals surface area contributed by atoms with E-state index in [2.05, 4.69) is 4.98 Å². The second kappa shape index (κ2) is 4.59. The Labute approximate surface area is 93.0 Å². The van der Waals surface area contributed by atoms with Crippen LogP contribution in [0.1, 0.15) is 23.6 Å². The number of aryl methyl sites for hydroxylation is 1. The first-order chi connectivity index (χ1) is 7.31. The van der Waals surface area contributed by atoms with Crippen LogP contribution in [-0.4, -0.2) is 14.7 Å². The molecular formula is C11H14N2OS. The molecule has 1 unspecified atom stereocenters. The fraction of sp³-hybridized carbons (Fsp3) is 0.364. The van der Waals surface area contributed by atoms with Gasteiger partial charge in [-0.05, 0) is 18.4 Å². The third kappa shape index (κ3) is 2.27. The summed E-state index contributed by atoms with van der Waals surface area (Å²) in [6, 6.07) is 4.05. The highest BCUT2D eigenvalue weighted by atomic mass is 32.1. The fourth-order valence-corrected chi connectivity index (χ4v) is 2.34. The van der Waals surface area contributed by atoms with E-state index in [1.54, 1.807) is 23.9 Å². The summed E-state index contributed by atoms with van der Waals surface area (Å²) in [6.45, 7) is 2.89. The van der Waals surface area contributed by atoms with Gasteiger partial charge < -0.3 is 9.67 Å². The Bertz CT molecular complexity index is 408. The third-order valence-electron chi connectivity index (χ3n) is 2.40. The van der Waals surface area contributed by atoms with Crippen LogP contribution in [-0.2, 0) is 13.0 Å². The van der Waals surface area contributed by atoms with Gasteiger partial charge in [0.1, 0.15) is 6.10 Å². The zero-order valence-electron chi connectivity index (χ0n) is 8.63. The van der Waals surface area contributed by atoms with Crippen LogP contribution in [0.5, 0.6) is 0 Å². The zero-order valence-corrected chi connectivity index (χ0v) is 9.44. The van der Waals surface area contributed by atoms with Gasteiger partial charge in [0, 0.05) is 17.8 Å². The third-order valence-corrected chi connectivity index (χ3v) is 3.30. The van der Waals surface area contributed by atoms with E-state index in [1.807, 2.05) is 29.0 Å². The molecule has 0 saturated carbocycles. The van der Waals surface area contributed by atoms with Crippen molar-refractivity contribution in [2.75, 3.05) is 0 Å². The predicted octanol–water partition coefficient (Wildman–Crippen LogP) is 2.24. The van der Waals surface area contributed by atoms with Crippen molar-refractivity contribution in [3.63, 3.8) is 0 Å². The zero-order chi connectivity index (χ0) is 10.7. The number of aromatic nitrogens is 2. The van der Waals surface area contributed by atoms with Crippen LogP contribution in [0.15, 0.2) is 30.0 Å². The molecule has 0 amide bonds. The minimum absolute atomic E-state index is 0.453. The number of thiophene rings is 1. The Morgan fingerprint density at radius 2 is 2.47 bits per heavy atom. The van der Waals surface area contributed by atoms with E-state index in [9.17, 15) is 5.11 Å². The minimum atomic E-state index is -0.453. The van der Waals surface area contributed by atoms with E-state index in [1.165, 1.54) is 4.88 Å². The lowest BCUT2D eigenvalue weighted by Crippen LogP contribution is -2.07. The molecule has 0 aliphatic heterocycles. The summed E-state index contributed by atoms with van der Waals surface area (Å²) in [5.41, 5.74) is 0.894. The van der Waals surface area contributed by atoms with Gasteiger partial charge in [-0.25, -0.2) is 4.98 Å². The summed E-state index contributed by atoms with van der Waals surface area (Å²) >= 11 is 1.67. The molecule has 2 heterocycles. The minimum Gasteiger partial charge on any atom is -0.386 e. The lowest BCUT2D eigenvalue weighted by molar-refractivity contribution is 0.170. The van der Waals surface area contributed by atoms with E-state index in [-0.39, 0.29) is 0 Å². The van der Waals surface area contributed by atoms with E-state index >= 15 is 0 Å². The first kappa shape index (κ1) is 10.4. The molecule has 2 rings (SSSR count). The van der Waals surface area contributed by atoms with Crippen LogP contribution in [0.3, 0.4) is 0 Å². The van der Waals surface area contributed by atoms with Crippen molar-refractivity contribution < 1.29 is 5.11 Å². The Morgan fingerprint density at radius 3 is 3.13 bits per heavy atom. The van der Waals surface area contributed by atoms with Crippen molar-refractivity contribution in [3.8, 4) is 0 Å². The standard InChI is InChI=1S/C11H14N2OS/c1-2-13-8-12-7-10(13)11(14)6-9-4-3-5-15-9/h3-5,7-8,11,14H,2,6H2,1H3. The normalized spacial score (nSPS) is 12.9. The molecule has 0 aliphatic rings. The highest BCUT2D eigenvalue weighted by Gasteiger charge is 2.13. The molecule has 15 heavy (non-hydrogen) atoms. The molecule has 0 bridgehead atoms. The van der Waals surface area contributed by atoms with Crippen LogP contribution in [0.2, 0.25) is 0 Å². The van der Waals surface area contributed by atoms with Gasteiger partial charge in [-0.2, -0.15) is 0 Å². The maximum atomic E-state index is 10.0. The van der Waals surface area contributed by atoms with Crippen molar-refractivity contribution in [3.05, 3.63) is 40.6 Å². The molecule has 80 valence electrons. The first-order valence-electron chi connectivity index (χ1n) is 5.01. The van der Waals surface area contributed by atoms with Crippen molar-refractivity contribution >= 4 is 11.3 Å². The topological polar surface area (TPSA) is 38.0 Å². The van der Waals surface area contributed by atoms with Gasteiger partial charge in [0.15, 0.2) is 0 Å². The van der Waals surface area contributed by atoms with Crippen LogP contribution in [0.25, 0.3) is 0 Å². The lowest BCUT2D eigenvalue weighted by atomic mass is 10.2. The Hall–Kier alpha value is -1.13.